The van der Waals surface area contributed by atoms with Crippen LogP contribution in [-0.2, 0) is 26.6 Å². The van der Waals surface area contributed by atoms with Gasteiger partial charge in [0.05, 0.1) is 6.61 Å². The van der Waals surface area contributed by atoms with Crippen molar-refractivity contribution in [3.8, 4) is 0 Å². The molecule has 0 amide bonds. The van der Waals surface area contributed by atoms with Crippen LogP contribution < -0.4 is 0 Å². The van der Waals surface area contributed by atoms with Gasteiger partial charge >= 0.3 is 14.8 Å². The lowest BCUT2D eigenvalue weighted by molar-refractivity contribution is -0.143. The molecular formula is C13H32O7Si4. The number of hydrogen-bond donors (Lipinski definition) is 1. The van der Waals surface area contributed by atoms with Gasteiger partial charge in [0.1, 0.15) is 42.0 Å². The van der Waals surface area contributed by atoms with Crippen molar-refractivity contribution in [2.24, 2.45) is 0 Å². The van der Waals surface area contributed by atoms with Crippen LogP contribution in [0.1, 0.15) is 13.3 Å². The Morgan fingerprint density at radius 1 is 1.12 bits per heavy atom. The minimum atomic E-state index is -2.45. The zero-order valence-corrected chi connectivity index (χ0v) is 20.6. The molecule has 0 rings (SSSR count). The average molecular weight is 413 g/mol. The highest BCUT2D eigenvalue weighted by Gasteiger charge is 2.37. The number of esters is 1. The molecule has 0 bridgehead atoms. The first-order chi connectivity index (χ1) is 11.4. The van der Waals surface area contributed by atoms with Gasteiger partial charge in [-0.2, -0.15) is 0 Å². The summed E-state index contributed by atoms with van der Waals surface area (Å²) >= 11 is 0. The lowest BCUT2D eigenvalue weighted by Crippen LogP contribution is -2.48. The fraction of sp³-hybridized carbons (Fsp3) is 0.769. The molecule has 0 aliphatic heterocycles. The van der Waals surface area contributed by atoms with E-state index in [1.54, 1.807) is 6.92 Å². The van der Waals surface area contributed by atoms with Crippen LogP contribution in [0.2, 0.25) is 25.7 Å². The van der Waals surface area contributed by atoms with E-state index in [4.69, 9.17) is 21.8 Å². The van der Waals surface area contributed by atoms with Crippen molar-refractivity contribution in [2.75, 3.05) is 19.8 Å². The maximum Gasteiger partial charge on any atom is 0.468 e. The number of aliphatic hydroxyl groups excluding tert-OH is 1. The van der Waals surface area contributed by atoms with E-state index in [9.17, 15) is 9.90 Å². The molecule has 0 aliphatic rings. The third-order valence-electron chi connectivity index (χ3n) is 2.93. The molecule has 1 atom stereocenters. The zero-order valence-electron chi connectivity index (χ0n) is 15.3. The Morgan fingerprint density at radius 2 is 1.67 bits per heavy atom. The van der Waals surface area contributed by atoms with Gasteiger partial charge in [0.15, 0.2) is 0 Å². The molecule has 1 unspecified atom stereocenters. The van der Waals surface area contributed by atoms with E-state index in [-0.39, 0.29) is 13.2 Å². The fourth-order valence-corrected chi connectivity index (χ4v) is 12.8. The van der Waals surface area contributed by atoms with E-state index in [0.29, 0.717) is 12.2 Å². The number of ether oxygens (including phenoxy) is 2. The zero-order chi connectivity index (χ0) is 18.4. The van der Waals surface area contributed by atoms with Crippen molar-refractivity contribution in [3.05, 3.63) is 12.2 Å². The summed E-state index contributed by atoms with van der Waals surface area (Å²) in [5.74, 6) is -0.507. The molecule has 24 heavy (non-hydrogen) atoms. The van der Waals surface area contributed by atoms with Crippen LogP contribution in [0.15, 0.2) is 12.2 Å². The molecule has 0 saturated heterocycles. The largest absolute Gasteiger partial charge is 0.468 e. The molecule has 142 valence electrons. The molecule has 0 aromatic rings. The Bertz CT molecular complexity index is 353. The van der Waals surface area contributed by atoms with Crippen LogP contribution in [0, 0.1) is 0 Å². The molecule has 0 fully saturated rings. The first kappa shape index (κ1) is 23.9. The molecule has 0 heterocycles. The summed E-state index contributed by atoms with van der Waals surface area (Å²) in [7, 11) is -4.21. The number of aliphatic hydroxyl groups is 1. The SMILES string of the molecule is C=C(C)C(=O)OCC(O)COCCC[Si](O[SiH2]C)(O[SiH2]C)O[SiH2]C. The number of rotatable bonds is 15. The highest BCUT2D eigenvalue weighted by Crippen LogP contribution is 2.16. The Morgan fingerprint density at radius 3 is 2.12 bits per heavy atom. The predicted octanol–water partition coefficient (Wildman–Crippen LogP) is -0.742. The topological polar surface area (TPSA) is 83.5 Å². The maximum atomic E-state index is 11.2. The van der Waals surface area contributed by atoms with E-state index in [0.717, 1.165) is 12.5 Å². The normalized spacial score (nSPS) is 16.4. The van der Waals surface area contributed by atoms with Crippen LogP contribution in [0.4, 0.5) is 0 Å². The van der Waals surface area contributed by atoms with Gasteiger partial charge in [0, 0.05) is 18.2 Å². The van der Waals surface area contributed by atoms with Gasteiger partial charge in [-0.15, -0.1) is 0 Å². The molecule has 0 saturated carbocycles. The summed E-state index contributed by atoms with van der Waals surface area (Å²) in [6, 6.07) is 0.760. The lowest BCUT2D eigenvalue weighted by atomic mass is 10.3. The van der Waals surface area contributed by atoms with Crippen molar-refractivity contribution in [3.63, 3.8) is 0 Å². The summed E-state index contributed by atoms with van der Waals surface area (Å²) in [5.41, 5.74) is 0.308. The summed E-state index contributed by atoms with van der Waals surface area (Å²) < 4.78 is 28.2. The molecule has 11 heteroatoms. The lowest BCUT2D eigenvalue weighted by Gasteiger charge is -2.30. The summed E-state index contributed by atoms with van der Waals surface area (Å²) in [6.07, 6.45) is -0.0741. The summed E-state index contributed by atoms with van der Waals surface area (Å²) in [6.45, 7) is 11.8. The van der Waals surface area contributed by atoms with Crippen LogP contribution in [0.3, 0.4) is 0 Å². The van der Waals surface area contributed by atoms with E-state index < -0.39 is 50.2 Å². The van der Waals surface area contributed by atoms with Crippen LogP contribution >= 0.6 is 0 Å². The molecule has 0 aromatic heterocycles. The molecule has 7 nitrogen and oxygen atoms in total. The fourth-order valence-electron chi connectivity index (χ4n) is 1.95. The van der Waals surface area contributed by atoms with Gasteiger partial charge in [0.2, 0.25) is 0 Å². The third-order valence-corrected chi connectivity index (χ3v) is 12.6. The number of carbonyl (C=O) groups excluding carboxylic acids is 1. The number of hydrogen-bond acceptors (Lipinski definition) is 7. The second-order valence-electron chi connectivity index (χ2n) is 5.19. The molecule has 0 spiro atoms. The Hall–Kier alpha value is -0.122. The molecule has 0 aliphatic carbocycles. The van der Waals surface area contributed by atoms with Crippen molar-refractivity contribution in [2.45, 2.75) is 45.1 Å². The van der Waals surface area contributed by atoms with Gasteiger partial charge in [-0.05, 0) is 13.3 Å². The van der Waals surface area contributed by atoms with E-state index in [1.807, 2.05) is 0 Å². The van der Waals surface area contributed by atoms with Gasteiger partial charge in [-0.25, -0.2) is 4.79 Å². The van der Waals surface area contributed by atoms with Gasteiger partial charge in [0.25, 0.3) is 0 Å². The molecule has 1 N–H and O–H groups in total. The standard InChI is InChI=1S/C13H32O7Si4/c1-11(2)13(15)17-10-12(14)9-16-7-6-8-24(18-21-3,19-22-4)20-23-5/h12,14H,1,6-10,21-23H2,2-5H3. The van der Waals surface area contributed by atoms with Gasteiger partial charge < -0.3 is 26.9 Å². The highest BCUT2D eigenvalue weighted by atomic mass is 28.5. The molecule has 0 aromatic carbocycles. The monoisotopic (exact) mass is 412 g/mol. The van der Waals surface area contributed by atoms with Gasteiger partial charge in [-0.3, -0.25) is 0 Å². The smallest absolute Gasteiger partial charge is 0.460 e. The van der Waals surface area contributed by atoms with Gasteiger partial charge in [-0.1, -0.05) is 26.2 Å². The third kappa shape index (κ3) is 10.7. The van der Waals surface area contributed by atoms with Crippen molar-refractivity contribution >= 4 is 44.1 Å². The van der Waals surface area contributed by atoms with Crippen molar-refractivity contribution in [1.29, 1.82) is 0 Å². The van der Waals surface area contributed by atoms with E-state index in [2.05, 4.69) is 26.2 Å². The highest BCUT2D eigenvalue weighted by molar-refractivity contribution is 6.73. The van der Waals surface area contributed by atoms with Crippen molar-refractivity contribution in [1.82, 2.24) is 0 Å². The second kappa shape index (κ2) is 14.1. The molecular weight excluding hydrogens is 380 g/mol. The van der Waals surface area contributed by atoms with Crippen LogP contribution in [0.25, 0.3) is 0 Å². The predicted molar refractivity (Wildman–Crippen MR) is 104 cm³/mol. The number of carbonyl (C=O) groups is 1. The summed E-state index contributed by atoms with van der Waals surface area (Å²) in [4.78, 5) is 11.2. The summed E-state index contributed by atoms with van der Waals surface area (Å²) in [5, 5.41) is 9.71. The van der Waals surface area contributed by atoms with Crippen LogP contribution in [0.5, 0.6) is 0 Å². The van der Waals surface area contributed by atoms with E-state index >= 15 is 0 Å². The quantitative estimate of drug-likeness (QED) is 0.164. The van der Waals surface area contributed by atoms with E-state index in [1.165, 1.54) is 0 Å². The average Bonchev–Trinajstić information content (AvgIpc) is 2.52. The van der Waals surface area contributed by atoms with Crippen LogP contribution in [-0.4, -0.2) is 75.1 Å². The Kier molecular flexibility index (Phi) is 14.0. The first-order valence-electron chi connectivity index (χ1n) is 8.41. The first-order valence-corrected chi connectivity index (χ1v) is 16.3. The Balaban J connectivity index is 4.03. The minimum absolute atomic E-state index is 0.0932. The maximum absolute atomic E-state index is 11.2. The minimum Gasteiger partial charge on any atom is -0.460 e. The van der Waals surface area contributed by atoms with Crippen molar-refractivity contribution < 1.29 is 31.7 Å². The Labute approximate surface area is 153 Å². The molecule has 0 radical (unpaired) electrons. The second-order valence-corrected chi connectivity index (χ2v) is 12.3.